The summed E-state index contributed by atoms with van der Waals surface area (Å²) in [7, 11) is 1.70. The van der Waals surface area contributed by atoms with Gasteiger partial charge in [-0.1, -0.05) is 17.5 Å². The van der Waals surface area contributed by atoms with Gasteiger partial charge in [0.1, 0.15) is 11.2 Å². The van der Waals surface area contributed by atoms with Crippen LogP contribution in [-0.4, -0.2) is 16.4 Å². The summed E-state index contributed by atoms with van der Waals surface area (Å²) in [6.45, 7) is 0.188. The summed E-state index contributed by atoms with van der Waals surface area (Å²) in [5.41, 5.74) is 0. The molecule has 1 rings (SSSR count). The molecule has 0 aliphatic rings. The van der Waals surface area contributed by atoms with E-state index < -0.39 is 0 Å². The number of hydrogen-bond donors (Lipinski definition) is 0. The summed E-state index contributed by atoms with van der Waals surface area (Å²) in [6, 6.07) is 0. The van der Waals surface area contributed by atoms with Crippen LogP contribution in [0.4, 0.5) is 0 Å². The molecular formula is C7H6ClN2O. The zero-order valence-electron chi connectivity index (χ0n) is 5.97. The molecule has 0 saturated carbocycles. The predicted octanol–water partition coefficient (Wildman–Crippen LogP) is 0.886. The highest BCUT2D eigenvalue weighted by Crippen LogP contribution is 2.21. The molecule has 57 valence electrons. The minimum atomic E-state index is 0.188. The maximum absolute atomic E-state index is 5.65. The number of aromatic nitrogens is 2. The fraction of sp³-hybridized carbons (Fsp3) is 0.286. The maximum atomic E-state index is 5.65. The number of aryl methyl sites for hydroxylation is 1. The van der Waals surface area contributed by atoms with Crippen LogP contribution in [0.25, 0.3) is 0 Å². The molecule has 0 aliphatic heterocycles. The molecule has 0 bridgehead atoms. The number of ether oxygens (including phenoxy) is 1. The molecule has 0 aliphatic carbocycles. The van der Waals surface area contributed by atoms with E-state index in [0.717, 1.165) is 0 Å². The number of halogens is 1. The van der Waals surface area contributed by atoms with Crippen LogP contribution in [0.1, 0.15) is 0 Å². The Labute approximate surface area is 69.9 Å². The summed E-state index contributed by atoms with van der Waals surface area (Å²) in [5.74, 6) is 2.77. The van der Waals surface area contributed by atoms with Gasteiger partial charge in [0.25, 0.3) is 0 Å². The quantitative estimate of drug-likeness (QED) is 0.615. The van der Waals surface area contributed by atoms with Crippen molar-refractivity contribution in [2.45, 2.75) is 0 Å². The van der Waals surface area contributed by atoms with Crippen molar-refractivity contribution >= 4 is 11.6 Å². The van der Waals surface area contributed by atoms with E-state index >= 15 is 0 Å². The third-order valence-corrected chi connectivity index (χ3v) is 1.32. The minimum absolute atomic E-state index is 0.188. The zero-order valence-corrected chi connectivity index (χ0v) is 6.72. The lowest BCUT2D eigenvalue weighted by Crippen LogP contribution is -2.00. The third kappa shape index (κ3) is 1.66. The van der Waals surface area contributed by atoms with Crippen molar-refractivity contribution < 1.29 is 4.74 Å². The molecule has 1 aromatic heterocycles. The highest BCUT2D eigenvalue weighted by Gasteiger charge is 2.06. The number of rotatable bonds is 2. The number of terminal acetylenes is 1. The van der Waals surface area contributed by atoms with Crippen molar-refractivity contribution in [1.82, 2.24) is 9.78 Å². The molecule has 0 fully saturated rings. The van der Waals surface area contributed by atoms with Crippen LogP contribution >= 0.6 is 11.6 Å². The molecule has 0 N–H and O–H groups in total. The van der Waals surface area contributed by atoms with Crippen LogP contribution in [-0.2, 0) is 7.05 Å². The summed E-state index contributed by atoms with van der Waals surface area (Å²) in [4.78, 5) is 0. The standard InChI is InChI=1S/C7H6ClN2O/c1-3-4-11-7-6(8)5-9-10(7)2/h1H,4H2,2H3. The molecule has 0 amide bonds. The van der Waals surface area contributed by atoms with Gasteiger partial charge in [-0.25, -0.2) is 4.68 Å². The van der Waals surface area contributed by atoms with Gasteiger partial charge in [-0.2, -0.15) is 5.10 Å². The topological polar surface area (TPSA) is 27.1 Å². The molecule has 1 aromatic rings. The van der Waals surface area contributed by atoms with Crippen molar-refractivity contribution in [3.8, 4) is 18.2 Å². The summed E-state index contributed by atoms with van der Waals surface area (Å²) < 4.78 is 6.53. The van der Waals surface area contributed by atoms with E-state index in [0.29, 0.717) is 10.9 Å². The number of hydrogen-bond acceptors (Lipinski definition) is 2. The molecule has 1 radical (unpaired) electrons. The fourth-order valence-electron chi connectivity index (χ4n) is 0.621. The summed E-state index contributed by atoms with van der Waals surface area (Å²) in [5, 5.41) is 4.08. The van der Waals surface area contributed by atoms with Crippen LogP contribution in [0.3, 0.4) is 0 Å². The van der Waals surface area contributed by atoms with Crippen LogP contribution in [0.5, 0.6) is 5.88 Å². The van der Waals surface area contributed by atoms with E-state index in [-0.39, 0.29) is 6.61 Å². The Morgan fingerprint density at radius 2 is 2.64 bits per heavy atom. The highest BCUT2D eigenvalue weighted by atomic mass is 35.5. The van der Waals surface area contributed by atoms with E-state index in [4.69, 9.17) is 22.8 Å². The van der Waals surface area contributed by atoms with E-state index in [1.165, 1.54) is 4.68 Å². The SMILES string of the molecule is C#CCOc1c(Cl)[c]nn1C. The Hall–Kier alpha value is -1.14. The summed E-state index contributed by atoms with van der Waals surface area (Å²) in [6.07, 6.45) is 7.52. The first kappa shape index (κ1) is 7.96. The van der Waals surface area contributed by atoms with Gasteiger partial charge in [0.05, 0.1) is 0 Å². The third-order valence-electron chi connectivity index (χ3n) is 1.07. The van der Waals surface area contributed by atoms with E-state index in [2.05, 4.69) is 17.2 Å². The largest absolute Gasteiger partial charge is 0.464 e. The van der Waals surface area contributed by atoms with Crippen LogP contribution in [0.15, 0.2) is 0 Å². The van der Waals surface area contributed by atoms with Gasteiger partial charge in [0, 0.05) is 7.05 Å². The fourth-order valence-corrected chi connectivity index (χ4v) is 0.836. The Morgan fingerprint density at radius 3 is 3.09 bits per heavy atom. The minimum Gasteiger partial charge on any atom is -0.464 e. The van der Waals surface area contributed by atoms with E-state index in [1.54, 1.807) is 7.05 Å². The van der Waals surface area contributed by atoms with Gasteiger partial charge < -0.3 is 4.74 Å². The zero-order chi connectivity index (χ0) is 8.27. The highest BCUT2D eigenvalue weighted by molar-refractivity contribution is 6.31. The van der Waals surface area contributed by atoms with Crippen molar-refractivity contribution in [1.29, 1.82) is 0 Å². The first-order chi connectivity index (χ1) is 5.25. The van der Waals surface area contributed by atoms with E-state index in [9.17, 15) is 0 Å². The molecule has 0 spiro atoms. The normalized spacial score (nSPS) is 9.18. The lowest BCUT2D eigenvalue weighted by Gasteiger charge is -2.01. The maximum Gasteiger partial charge on any atom is 0.232 e. The van der Waals surface area contributed by atoms with Gasteiger partial charge in [-0.05, 0) is 0 Å². The molecule has 11 heavy (non-hydrogen) atoms. The number of nitrogens with zero attached hydrogens (tertiary/aromatic N) is 2. The Balaban J connectivity index is 2.77. The molecular weight excluding hydrogens is 164 g/mol. The van der Waals surface area contributed by atoms with Crippen molar-refractivity contribution in [3.63, 3.8) is 0 Å². The molecule has 0 aromatic carbocycles. The molecule has 0 atom stereocenters. The Bertz CT molecular complexity index is 268. The van der Waals surface area contributed by atoms with Gasteiger partial charge in [-0.15, -0.1) is 6.42 Å². The average molecular weight is 170 g/mol. The molecule has 3 nitrogen and oxygen atoms in total. The molecule has 0 unspecified atom stereocenters. The van der Waals surface area contributed by atoms with E-state index in [1.807, 2.05) is 0 Å². The first-order valence-electron chi connectivity index (χ1n) is 2.92. The predicted molar refractivity (Wildman–Crippen MR) is 41.4 cm³/mol. The van der Waals surface area contributed by atoms with Gasteiger partial charge in [0.2, 0.25) is 5.88 Å². The monoisotopic (exact) mass is 169 g/mol. The lowest BCUT2D eigenvalue weighted by molar-refractivity contribution is 0.335. The van der Waals surface area contributed by atoms with Crippen LogP contribution in [0.2, 0.25) is 5.02 Å². The Kier molecular flexibility index (Phi) is 2.40. The van der Waals surface area contributed by atoms with Gasteiger partial charge in [0.15, 0.2) is 6.61 Å². The first-order valence-corrected chi connectivity index (χ1v) is 3.30. The second-order valence-corrected chi connectivity index (χ2v) is 2.23. The van der Waals surface area contributed by atoms with Crippen LogP contribution in [0, 0.1) is 18.5 Å². The van der Waals surface area contributed by atoms with Crippen molar-refractivity contribution in [3.05, 3.63) is 11.2 Å². The van der Waals surface area contributed by atoms with Crippen LogP contribution < -0.4 is 4.74 Å². The Morgan fingerprint density at radius 1 is 1.91 bits per heavy atom. The summed E-state index contributed by atoms with van der Waals surface area (Å²) >= 11 is 5.65. The average Bonchev–Trinajstić information content (AvgIpc) is 2.29. The van der Waals surface area contributed by atoms with Gasteiger partial charge >= 0.3 is 0 Å². The van der Waals surface area contributed by atoms with Crippen molar-refractivity contribution in [2.24, 2.45) is 7.05 Å². The second kappa shape index (κ2) is 3.31. The van der Waals surface area contributed by atoms with Gasteiger partial charge in [-0.3, -0.25) is 0 Å². The molecule has 1 heterocycles. The second-order valence-electron chi connectivity index (χ2n) is 1.85. The molecule has 4 heteroatoms. The molecule has 0 saturated heterocycles. The van der Waals surface area contributed by atoms with Crippen molar-refractivity contribution in [2.75, 3.05) is 6.61 Å². The lowest BCUT2D eigenvalue weighted by atomic mass is 10.6. The smallest absolute Gasteiger partial charge is 0.232 e.